The van der Waals surface area contributed by atoms with E-state index in [1.807, 2.05) is 42.2 Å². The van der Waals surface area contributed by atoms with Crippen molar-refractivity contribution in [2.24, 2.45) is 0 Å². The minimum Gasteiger partial charge on any atom is -0.371 e. The SMILES string of the molecule is Cc1cccc2c(Nc3ccc(F)c(Cl)c3)ccc(C(=O)N3CC4CC(C3)O4)c12. The summed E-state index contributed by atoms with van der Waals surface area (Å²) in [7, 11) is 0. The van der Waals surface area contributed by atoms with E-state index in [1.54, 1.807) is 12.1 Å². The number of benzene rings is 3. The molecule has 1 amide bonds. The van der Waals surface area contributed by atoms with Gasteiger partial charge in [0, 0.05) is 41.8 Å². The molecular formula is C23H20ClFN2O2. The lowest BCUT2D eigenvalue weighted by atomic mass is 9.95. The van der Waals surface area contributed by atoms with Crippen molar-refractivity contribution in [1.29, 1.82) is 0 Å². The number of piperidine rings is 1. The minimum atomic E-state index is -0.456. The standard InChI is InChI=1S/C23H20ClFN2O2/c1-13-3-2-4-17-21(26-14-5-7-20(25)19(24)9-14)8-6-18(22(13)17)23(28)27-11-15-10-16(12-27)29-15/h2-9,15-16,26H,10-12H2,1H3. The van der Waals surface area contributed by atoms with E-state index in [-0.39, 0.29) is 23.1 Å². The summed E-state index contributed by atoms with van der Waals surface area (Å²) < 4.78 is 19.1. The van der Waals surface area contributed by atoms with Crippen LogP contribution in [-0.2, 0) is 4.74 Å². The molecule has 148 valence electrons. The van der Waals surface area contributed by atoms with Gasteiger partial charge in [-0.15, -0.1) is 0 Å². The lowest BCUT2D eigenvalue weighted by Crippen LogP contribution is -2.58. The van der Waals surface area contributed by atoms with Gasteiger partial charge in [-0.3, -0.25) is 4.79 Å². The van der Waals surface area contributed by atoms with E-state index in [0.29, 0.717) is 24.3 Å². The zero-order valence-corrected chi connectivity index (χ0v) is 16.7. The molecule has 2 unspecified atom stereocenters. The molecule has 3 aromatic rings. The summed E-state index contributed by atoms with van der Waals surface area (Å²) in [6.45, 7) is 3.31. The maximum Gasteiger partial charge on any atom is 0.254 e. The fourth-order valence-corrected chi connectivity index (χ4v) is 4.48. The highest BCUT2D eigenvalue weighted by atomic mass is 35.5. The highest BCUT2D eigenvalue weighted by molar-refractivity contribution is 6.31. The van der Waals surface area contributed by atoms with Gasteiger partial charge in [0.25, 0.3) is 5.91 Å². The summed E-state index contributed by atoms with van der Waals surface area (Å²) in [4.78, 5) is 15.2. The van der Waals surface area contributed by atoms with Crippen molar-refractivity contribution in [2.75, 3.05) is 18.4 Å². The molecule has 2 bridgehead atoms. The normalized spacial score (nSPS) is 20.4. The number of nitrogens with zero attached hydrogens (tertiary/aromatic N) is 1. The zero-order chi connectivity index (χ0) is 20.1. The van der Waals surface area contributed by atoms with E-state index in [9.17, 15) is 9.18 Å². The molecule has 0 spiro atoms. The number of aryl methyl sites for hydroxylation is 1. The zero-order valence-electron chi connectivity index (χ0n) is 15.9. The number of carbonyl (C=O) groups is 1. The number of rotatable bonds is 3. The molecule has 3 saturated heterocycles. The third-order valence-corrected chi connectivity index (χ3v) is 6.01. The number of halogens is 2. The summed E-state index contributed by atoms with van der Waals surface area (Å²) in [5.74, 6) is -0.416. The summed E-state index contributed by atoms with van der Waals surface area (Å²) in [6, 6.07) is 14.3. The Hall–Kier alpha value is -2.63. The van der Waals surface area contributed by atoms with Crippen molar-refractivity contribution in [3.05, 3.63) is 70.5 Å². The van der Waals surface area contributed by atoms with Crippen LogP contribution in [0.2, 0.25) is 5.02 Å². The molecule has 0 radical (unpaired) electrons. The van der Waals surface area contributed by atoms with Crippen molar-refractivity contribution in [2.45, 2.75) is 25.6 Å². The predicted molar refractivity (Wildman–Crippen MR) is 113 cm³/mol. The number of nitrogens with one attached hydrogen (secondary N) is 1. The quantitative estimate of drug-likeness (QED) is 0.637. The first-order valence-electron chi connectivity index (χ1n) is 9.69. The third kappa shape index (κ3) is 3.24. The molecule has 6 rings (SSSR count). The summed E-state index contributed by atoms with van der Waals surface area (Å²) in [5.41, 5.74) is 3.26. The van der Waals surface area contributed by atoms with E-state index in [4.69, 9.17) is 16.3 Å². The third-order valence-electron chi connectivity index (χ3n) is 5.72. The van der Waals surface area contributed by atoms with E-state index in [1.165, 1.54) is 6.07 Å². The smallest absolute Gasteiger partial charge is 0.254 e. The van der Waals surface area contributed by atoms with Crippen LogP contribution in [0.25, 0.3) is 10.8 Å². The Balaban J connectivity index is 1.54. The van der Waals surface area contributed by atoms with E-state index in [0.717, 1.165) is 28.4 Å². The number of amides is 1. The number of anilines is 2. The number of morpholine rings is 1. The first kappa shape index (κ1) is 18.4. The fourth-order valence-electron chi connectivity index (χ4n) is 4.30. The number of ether oxygens (including phenoxy) is 1. The van der Waals surface area contributed by atoms with Crippen LogP contribution in [-0.4, -0.2) is 36.1 Å². The Morgan fingerprint density at radius 2 is 1.93 bits per heavy atom. The summed E-state index contributed by atoms with van der Waals surface area (Å²) in [5, 5.41) is 5.24. The first-order valence-corrected chi connectivity index (χ1v) is 10.1. The van der Waals surface area contributed by atoms with Gasteiger partial charge >= 0.3 is 0 Å². The van der Waals surface area contributed by atoms with Crippen molar-refractivity contribution < 1.29 is 13.9 Å². The largest absolute Gasteiger partial charge is 0.371 e. The molecule has 0 aromatic heterocycles. The highest BCUT2D eigenvalue weighted by Gasteiger charge is 2.40. The Kier molecular flexibility index (Phi) is 4.45. The molecule has 2 atom stereocenters. The van der Waals surface area contributed by atoms with Gasteiger partial charge in [0.2, 0.25) is 0 Å². The molecule has 3 aromatic carbocycles. The van der Waals surface area contributed by atoms with Gasteiger partial charge in [0.15, 0.2) is 0 Å². The monoisotopic (exact) mass is 410 g/mol. The van der Waals surface area contributed by atoms with Gasteiger partial charge in [-0.1, -0.05) is 29.8 Å². The average Bonchev–Trinajstić information content (AvgIpc) is 2.70. The highest BCUT2D eigenvalue weighted by Crippen LogP contribution is 2.34. The Morgan fingerprint density at radius 1 is 1.17 bits per heavy atom. The van der Waals surface area contributed by atoms with Crippen molar-refractivity contribution in [3.8, 4) is 0 Å². The van der Waals surface area contributed by atoms with Crippen LogP contribution >= 0.6 is 11.6 Å². The van der Waals surface area contributed by atoms with E-state index >= 15 is 0 Å². The number of hydrogen-bond acceptors (Lipinski definition) is 3. The topological polar surface area (TPSA) is 41.6 Å². The maximum absolute atomic E-state index is 13.5. The second kappa shape index (κ2) is 7.01. The molecule has 3 heterocycles. The van der Waals surface area contributed by atoms with Crippen molar-refractivity contribution in [3.63, 3.8) is 0 Å². The molecule has 29 heavy (non-hydrogen) atoms. The van der Waals surface area contributed by atoms with Crippen molar-refractivity contribution >= 4 is 39.7 Å². The van der Waals surface area contributed by atoms with Crippen LogP contribution in [0.3, 0.4) is 0 Å². The van der Waals surface area contributed by atoms with Crippen LogP contribution in [0.15, 0.2) is 48.5 Å². The van der Waals surface area contributed by atoms with Gasteiger partial charge in [-0.05, 0) is 48.2 Å². The second-order valence-electron chi connectivity index (χ2n) is 7.74. The Bertz CT molecular complexity index is 1120. The number of carbonyl (C=O) groups excluding carboxylic acids is 1. The predicted octanol–water partition coefficient (Wildman–Crippen LogP) is 5.30. The molecule has 3 aliphatic heterocycles. The average molecular weight is 411 g/mol. The molecule has 0 aliphatic carbocycles. The Labute approximate surface area is 173 Å². The van der Waals surface area contributed by atoms with E-state index < -0.39 is 5.82 Å². The number of fused-ring (bicyclic) bond motifs is 3. The molecule has 0 saturated carbocycles. The maximum atomic E-state index is 13.5. The molecular weight excluding hydrogens is 391 g/mol. The van der Waals surface area contributed by atoms with Crippen LogP contribution in [0.4, 0.5) is 15.8 Å². The summed E-state index contributed by atoms with van der Waals surface area (Å²) in [6.07, 6.45) is 1.40. The van der Waals surface area contributed by atoms with Crippen LogP contribution in [0.1, 0.15) is 22.3 Å². The van der Waals surface area contributed by atoms with Gasteiger partial charge < -0.3 is 15.0 Å². The van der Waals surface area contributed by atoms with Crippen LogP contribution < -0.4 is 5.32 Å². The van der Waals surface area contributed by atoms with Gasteiger partial charge in [-0.25, -0.2) is 4.39 Å². The lowest BCUT2D eigenvalue weighted by molar-refractivity contribution is -0.171. The molecule has 3 aliphatic rings. The fraction of sp³-hybridized carbons (Fsp3) is 0.261. The molecule has 3 fully saturated rings. The first-order chi connectivity index (χ1) is 14.0. The van der Waals surface area contributed by atoms with Crippen LogP contribution in [0.5, 0.6) is 0 Å². The summed E-state index contributed by atoms with van der Waals surface area (Å²) >= 11 is 5.92. The van der Waals surface area contributed by atoms with Crippen molar-refractivity contribution in [1.82, 2.24) is 4.90 Å². The van der Waals surface area contributed by atoms with E-state index in [2.05, 4.69) is 5.32 Å². The Morgan fingerprint density at radius 3 is 2.66 bits per heavy atom. The van der Waals surface area contributed by atoms with Gasteiger partial charge in [-0.2, -0.15) is 0 Å². The number of hydrogen-bond donors (Lipinski definition) is 1. The molecule has 1 N–H and O–H groups in total. The van der Waals surface area contributed by atoms with Gasteiger partial charge in [0.1, 0.15) is 5.82 Å². The molecule has 4 nitrogen and oxygen atoms in total. The van der Waals surface area contributed by atoms with Crippen LogP contribution in [0, 0.1) is 12.7 Å². The minimum absolute atomic E-state index is 0.0404. The second-order valence-corrected chi connectivity index (χ2v) is 8.15. The van der Waals surface area contributed by atoms with Gasteiger partial charge in [0.05, 0.1) is 17.2 Å². The lowest BCUT2D eigenvalue weighted by Gasteiger charge is -2.47. The molecule has 6 heteroatoms.